The monoisotopic (exact) mass is 1080 g/mol. The summed E-state index contributed by atoms with van der Waals surface area (Å²) in [4.78, 5) is 58.8. The zero-order chi connectivity index (χ0) is 50.9. The van der Waals surface area contributed by atoms with Gasteiger partial charge < -0.3 is 68.4 Å². The molecule has 0 bridgehead atoms. The summed E-state index contributed by atoms with van der Waals surface area (Å²) in [7, 11) is -3.88. The van der Waals surface area contributed by atoms with Crippen LogP contribution in [0.4, 0.5) is 0 Å². The Labute approximate surface area is 417 Å². The number of benzene rings is 4. The van der Waals surface area contributed by atoms with Gasteiger partial charge in [0.05, 0.1) is 22.1 Å². The maximum absolute atomic E-state index is 10.4. The second kappa shape index (κ2) is 39.1. The summed E-state index contributed by atoms with van der Waals surface area (Å²) in [6.07, 6.45) is 7.21. The first-order valence-corrected chi connectivity index (χ1v) is 22.0. The second-order valence-electron chi connectivity index (χ2n) is 12.0. The molecule has 68 heavy (non-hydrogen) atoms. The van der Waals surface area contributed by atoms with Gasteiger partial charge in [-0.3, -0.25) is 19.9 Å². The molecule has 18 nitrogen and oxygen atoms in total. The molecule has 8 rings (SSSR count). The van der Waals surface area contributed by atoms with E-state index in [1.54, 1.807) is 88.9 Å². The fraction of sp³-hybridized carbons (Fsp3) is 0.217. The van der Waals surface area contributed by atoms with Crippen LogP contribution in [-0.2, 0) is 43.3 Å². The molecular formula is C46H58Cu2N4O14P2. The van der Waals surface area contributed by atoms with Gasteiger partial charge in [-0.05, 0) is 74.2 Å². The number of aliphatic hydroxyl groups excluding tert-OH is 6. The molecule has 6 N–H and O–H groups in total. The molecule has 22 heteroatoms. The van der Waals surface area contributed by atoms with Gasteiger partial charge >= 0.3 is 34.1 Å². The maximum Gasteiger partial charge on any atom is 2.00 e. The number of aromatic nitrogens is 4. The third kappa shape index (κ3) is 24.5. The van der Waals surface area contributed by atoms with Gasteiger partial charge in [-0.15, -0.1) is 0 Å². The number of nitrogens with zero attached hydrogens (tertiary/aromatic N) is 4. The first kappa shape index (κ1) is 69.8. The van der Waals surface area contributed by atoms with Crippen molar-refractivity contribution in [1.82, 2.24) is 19.9 Å². The van der Waals surface area contributed by atoms with Gasteiger partial charge in [-0.1, -0.05) is 84.9 Å². The average Bonchev–Trinajstić information content (AvgIpc) is 3.35. The molecule has 378 valence electrons. The number of hydrogen-bond donors (Lipinski definition) is 6. The minimum atomic E-state index is -4.94. The number of hydrogen-bond acceptors (Lipinski definition) is 18. The molecule has 0 aliphatic heterocycles. The standard InChI is InChI=1S/2C12H8N2.2C8H11O4P.6CH4O.2Cu/c2*1-3-9-5-6-10-4-2-8-14-12(10)11(9)13-7-1;2*1-6-4-3-5-7(2)8(6)12-13(9,10)11;6*1-2;;/h2*1-8H;2*3-5H,1-2H3,(H2,9,10,11);6*2H,1H3;;/q;;;;;;;;;;2*+2/p-4. The smallest absolute Gasteiger partial charge is 0.780 e. The summed E-state index contributed by atoms with van der Waals surface area (Å²) >= 11 is 0. The number of aryl methyl sites for hydroxylation is 4. The Kier molecular flexibility index (Phi) is 40.1. The van der Waals surface area contributed by atoms with E-state index in [4.69, 9.17) is 30.6 Å². The molecule has 0 amide bonds. The fourth-order valence-electron chi connectivity index (χ4n) is 5.47. The van der Waals surface area contributed by atoms with Crippen molar-refractivity contribution in [2.24, 2.45) is 0 Å². The minimum absolute atomic E-state index is 0. The van der Waals surface area contributed by atoms with Gasteiger partial charge in [0.1, 0.15) is 27.1 Å². The summed E-state index contributed by atoms with van der Waals surface area (Å²) in [5, 5.41) is 46.6. The van der Waals surface area contributed by atoms with E-state index < -0.39 is 15.6 Å². The molecule has 4 aromatic carbocycles. The summed E-state index contributed by atoms with van der Waals surface area (Å²) in [5.41, 5.74) is 6.44. The number of fused-ring (bicyclic) bond motifs is 6. The summed E-state index contributed by atoms with van der Waals surface area (Å²) in [5.74, 6) is 0.270. The van der Waals surface area contributed by atoms with E-state index in [0.717, 1.165) is 86.3 Å². The van der Waals surface area contributed by atoms with Crippen LogP contribution in [0, 0.1) is 27.7 Å². The van der Waals surface area contributed by atoms with Crippen LogP contribution < -0.4 is 28.6 Å². The van der Waals surface area contributed by atoms with Crippen molar-refractivity contribution in [1.29, 1.82) is 0 Å². The predicted octanol–water partition coefficient (Wildman–Crippen LogP) is 4.23. The van der Waals surface area contributed by atoms with E-state index in [1.807, 2.05) is 24.3 Å². The van der Waals surface area contributed by atoms with E-state index in [-0.39, 0.29) is 45.6 Å². The molecule has 2 radical (unpaired) electrons. The Morgan fingerprint density at radius 3 is 0.721 bits per heavy atom. The van der Waals surface area contributed by atoms with Crippen molar-refractivity contribution >= 4 is 59.3 Å². The van der Waals surface area contributed by atoms with Gasteiger partial charge in [0.25, 0.3) is 0 Å². The van der Waals surface area contributed by atoms with Crippen LogP contribution in [0.15, 0.2) is 134 Å². The third-order valence-electron chi connectivity index (χ3n) is 7.91. The van der Waals surface area contributed by atoms with Crippen molar-refractivity contribution in [2.45, 2.75) is 27.7 Å². The number of rotatable bonds is 4. The molecule has 0 aliphatic rings. The van der Waals surface area contributed by atoms with Gasteiger partial charge in [-0.25, -0.2) is 0 Å². The van der Waals surface area contributed by atoms with Gasteiger partial charge in [0, 0.05) is 89.0 Å². The minimum Gasteiger partial charge on any atom is -0.780 e. The van der Waals surface area contributed by atoms with Crippen molar-refractivity contribution in [3.05, 3.63) is 156 Å². The third-order valence-corrected chi connectivity index (χ3v) is 8.73. The first-order valence-electron chi connectivity index (χ1n) is 19.1. The molecule has 0 saturated heterocycles. The molecule has 0 unspecified atom stereocenters. The largest absolute Gasteiger partial charge is 2.00 e. The Bertz CT molecular complexity index is 2350. The van der Waals surface area contributed by atoms with Crippen LogP contribution in [0.3, 0.4) is 0 Å². The van der Waals surface area contributed by atoms with Crippen LogP contribution >= 0.6 is 15.6 Å². The van der Waals surface area contributed by atoms with E-state index in [1.165, 1.54) is 0 Å². The molecule has 4 heterocycles. The zero-order valence-corrected chi connectivity index (χ0v) is 42.6. The number of para-hydroxylation sites is 2. The molecule has 0 saturated carbocycles. The SMILES string of the molecule is CO.CO.CO.CO.CO.CO.Cc1cccc(C)c1OP(=O)([O-])[O-].Cc1cccc(C)c1OP(=O)([O-])[O-].[Cu+2].[Cu+2].c1cnc2c(c1)ccc1cccnc12.c1cnc2c(c1)ccc1cccnc12. The predicted molar refractivity (Wildman–Crippen MR) is 251 cm³/mol. The van der Waals surface area contributed by atoms with E-state index in [2.05, 4.69) is 77.5 Å². The van der Waals surface area contributed by atoms with Crippen molar-refractivity contribution in [2.75, 3.05) is 42.7 Å². The van der Waals surface area contributed by atoms with Crippen LogP contribution in [0.2, 0.25) is 0 Å². The fourth-order valence-corrected chi connectivity index (χ4v) is 6.49. The molecule has 0 spiro atoms. The molecule has 0 fully saturated rings. The molecule has 4 aromatic heterocycles. The normalized spacial score (nSPS) is 9.35. The number of aliphatic hydroxyl groups is 6. The van der Waals surface area contributed by atoms with Crippen molar-refractivity contribution in [3.8, 4) is 11.5 Å². The Morgan fingerprint density at radius 2 is 0.544 bits per heavy atom. The van der Waals surface area contributed by atoms with Crippen LogP contribution in [-0.4, -0.2) is 93.2 Å². The Hall–Kier alpha value is -4.78. The van der Waals surface area contributed by atoms with Crippen LogP contribution in [0.1, 0.15) is 22.3 Å². The number of phosphoric acid groups is 2. The molecule has 0 aliphatic carbocycles. The van der Waals surface area contributed by atoms with E-state index >= 15 is 0 Å². The van der Waals surface area contributed by atoms with Crippen molar-refractivity contribution in [3.63, 3.8) is 0 Å². The Morgan fingerprint density at radius 1 is 0.353 bits per heavy atom. The van der Waals surface area contributed by atoms with E-state index in [9.17, 15) is 28.7 Å². The number of pyridine rings is 4. The molecular weight excluding hydrogens is 1020 g/mol. The summed E-state index contributed by atoms with van der Waals surface area (Å²) < 4.78 is 29.3. The second-order valence-corrected chi connectivity index (χ2v) is 14.1. The first-order chi connectivity index (χ1) is 31.7. The summed E-state index contributed by atoms with van der Waals surface area (Å²) in [6, 6.07) is 34.5. The van der Waals surface area contributed by atoms with Crippen LogP contribution in [0.25, 0.3) is 43.6 Å². The van der Waals surface area contributed by atoms with Gasteiger partial charge in [0.2, 0.25) is 0 Å². The zero-order valence-electron chi connectivity index (χ0n) is 38.9. The van der Waals surface area contributed by atoms with Crippen LogP contribution in [0.5, 0.6) is 11.5 Å². The van der Waals surface area contributed by atoms with Crippen molar-refractivity contribution < 1.29 is 103 Å². The van der Waals surface area contributed by atoms with Gasteiger partial charge in [-0.2, -0.15) is 0 Å². The van der Waals surface area contributed by atoms with E-state index in [0.29, 0.717) is 22.3 Å². The molecule has 8 aromatic rings. The average molecular weight is 1080 g/mol. The number of phosphoric ester groups is 2. The topological polar surface area (TPSA) is 318 Å². The summed E-state index contributed by atoms with van der Waals surface area (Å²) in [6.45, 7) is 6.71. The maximum atomic E-state index is 10.4. The van der Waals surface area contributed by atoms with Gasteiger partial charge in [0.15, 0.2) is 0 Å². The quantitative estimate of drug-likeness (QED) is 0.0816. The Balaban J connectivity index is -0.000000370. The molecule has 0 atom stereocenters.